The Labute approximate surface area is 382 Å². The Morgan fingerprint density at radius 3 is 1.02 bits per heavy atom. The van der Waals surface area contributed by atoms with E-state index in [0.29, 0.717) is 5.56 Å². The Hall–Kier alpha value is -5.75. The van der Waals surface area contributed by atoms with Crippen LogP contribution in [0, 0.1) is 62.3 Å². The molecule has 4 aromatic carbocycles. The molecule has 5 heterocycles. The molecule has 7 aromatic rings. The van der Waals surface area contributed by atoms with Crippen LogP contribution in [-0.4, -0.2) is 19.8 Å². The molecule has 0 atom stereocenters. The fourth-order valence-corrected chi connectivity index (χ4v) is 10.6. The van der Waals surface area contributed by atoms with Gasteiger partial charge in [-0.15, -0.1) is 22.1 Å². The molecule has 0 radical (unpaired) electrons. The first kappa shape index (κ1) is 43.9. The van der Waals surface area contributed by atoms with Crippen LogP contribution in [0.5, 0.6) is 0 Å². The summed E-state index contributed by atoms with van der Waals surface area (Å²) < 4.78 is 12.0. The number of aryl methyl sites for hydroxylation is 9. The van der Waals surface area contributed by atoms with E-state index in [-0.39, 0.29) is 25.6 Å². The summed E-state index contributed by atoms with van der Waals surface area (Å²) in [6.07, 6.45) is 8.02. The first-order chi connectivity index (χ1) is 29.5. The van der Waals surface area contributed by atoms with Crippen LogP contribution in [0.25, 0.3) is 90.9 Å². The van der Waals surface area contributed by atoms with Crippen LogP contribution in [0.1, 0.15) is 78.4 Å². The molecule has 310 valence electrons. The van der Waals surface area contributed by atoms with Gasteiger partial charge < -0.3 is 19.8 Å². The van der Waals surface area contributed by atoms with Crippen LogP contribution in [0.15, 0.2) is 84.9 Å². The Morgan fingerprint density at radius 2 is 0.714 bits per heavy atom. The van der Waals surface area contributed by atoms with Gasteiger partial charge in [-0.25, -0.2) is 9.97 Å². The van der Waals surface area contributed by atoms with Crippen LogP contribution >= 0.6 is 7.60 Å². The maximum Gasteiger partial charge on any atom is 2.00 e. The van der Waals surface area contributed by atoms with Crippen LogP contribution in [0.3, 0.4) is 0 Å². The standard InChI is InChI=1S/C54H49N4O3P.Zn/c1-29-22-32(4)48(33(5)23-29)52-42-16-14-40(55-42)51(39-12-10-38(11-13-39)28-62(59,60)61)41-15-17-43(56-41)53(49-34(6)24-30(2)25-35(49)7)45-19-21-47(58-45)54(46-20-18-44(52)57-46)50-36(8)26-31(3)27-37(50)9;/h10-27H,28H2,1-9H3,(H2,59,60,61);/q-2;+2. The number of hydrogen-bond donors (Lipinski definition) is 2. The topological polar surface area (TPSA) is 112 Å². The summed E-state index contributed by atoms with van der Waals surface area (Å²) in [4.78, 5) is 41.5. The quantitative estimate of drug-likeness (QED) is 0.126. The molecule has 2 aliphatic rings. The summed E-state index contributed by atoms with van der Waals surface area (Å²) in [5, 5.41) is 0. The summed E-state index contributed by atoms with van der Waals surface area (Å²) in [6.45, 7) is 19.3. The van der Waals surface area contributed by atoms with Crippen LogP contribution < -0.4 is 9.97 Å². The predicted molar refractivity (Wildman–Crippen MR) is 257 cm³/mol. The van der Waals surface area contributed by atoms with Gasteiger partial charge in [0.25, 0.3) is 0 Å². The monoisotopic (exact) mass is 896 g/mol. The number of aromatic nitrogens is 4. The van der Waals surface area contributed by atoms with Gasteiger partial charge in [0.1, 0.15) is 0 Å². The summed E-state index contributed by atoms with van der Waals surface area (Å²) in [6, 6.07) is 29.0. The molecule has 0 aliphatic carbocycles. The normalized spacial score (nSPS) is 12.2. The van der Waals surface area contributed by atoms with Gasteiger partial charge in [0.15, 0.2) is 0 Å². The molecule has 2 N–H and O–H groups in total. The molecule has 3 aromatic heterocycles. The maximum absolute atomic E-state index is 12.0. The molecular weight excluding hydrogens is 849 g/mol. The molecular formula is C54H49N4O3PZn. The molecule has 0 fully saturated rings. The van der Waals surface area contributed by atoms with Crippen molar-refractivity contribution in [2.24, 2.45) is 0 Å². The average molecular weight is 898 g/mol. The van der Waals surface area contributed by atoms with E-state index >= 15 is 0 Å². The number of benzene rings is 4. The van der Waals surface area contributed by atoms with Gasteiger partial charge in [0, 0.05) is 0 Å². The van der Waals surface area contributed by atoms with Gasteiger partial charge in [-0.1, -0.05) is 102 Å². The van der Waals surface area contributed by atoms with Crippen LogP contribution in [0.2, 0.25) is 0 Å². The third-order valence-corrected chi connectivity index (χ3v) is 12.8. The first-order valence-electron chi connectivity index (χ1n) is 21.0. The van der Waals surface area contributed by atoms with E-state index < -0.39 is 7.60 Å². The zero-order valence-corrected chi connectivity index (χ0v) is 41.2. The van der Waals surface area contributed by atoms with Crippen molar-refractivity contribution < 1.29 is 33.8 Å². The second-order valence-corrected chi connectivity index (χ2v) is 18.8. The minimum absolute atomic E-state index is 0. The molecule has 9 heteroatoms. The SMILES string of the molecule is Cc1cc(C)c(-c2c3nc(c(-c4c(C)cc(C)cc4C)c4ccc([n-]4)c(-c4c(C)cc(C)cc4C)c4nc(c(-c5ccc(CP(=O)(O)O)cc5)c5ccc2[n-]5)C=C4)C=C3)c(C)c1.[Zn+2]. The zero-order chi connectivity index (χ0) is 43.8. The van der Waals surface area contributed by atoms with Gasteiger partial charge in [-0.05, 0) is 170 Å². The maximum atomic E-state index is 12.0. The average Bonchev–Trinajstić information content (AvgIpc) is 4.02. The van der Waals surface area contributed by atoms with Crippen molar-refractivity contribution in [1.29, 1.82) is 0 Å². The van der Waals surface area contributed by atoms with E-state index in [9.17, 15) is 14.4 Å². The smallest absolute Gasteiger partial charge is 0.657 e. The molecule has 63 heavy (non-hydrogen) atoms. The second-order valence-electron chi connectivity index (χ2n) is 17.2. The number of rotatable bonds is 6. The molecule has 0 saturated heterocycles. The Balaban J connectivity index is 0.00000544. The molecule has 2 aliphatic heterocycles. The van der Waals surface area contributed by atoms with Crippen molar-refractivity contribution in [2.45, 2.75) is 68.5 Å². The Morgan fingerprint density at radius 1 is 0.429 bits per heavy atom. The van der Waals surface area contributed by atoms with E-state index in [2.05, 4.69) is 135 Å². The van der Waals surface area contributed by atoms with Crippen molar-refractivity contribution in [2.75, 3.05) is 0 Å². The van der Waals surface area contributed by atoms with Crippen molar-refractivity contribution in [1.82, 2.24) is 19.9 Å². The molecule has 9 rings (SSSR count). The van der Waals surface area contributed by atoms with Gasteiger partial charge in [-0.3, -0.25) is 4.57 Å². The van der Waals surface area contributed by atoms with E-state index in [0.717, 1.165) is 123 Å². The van der Waals surface area contributed by atoms with E-state index in [1.807, 2.05) is 24.3 Å². The molecule has 0 saturated carbocycles. The van der Waals surface area contributed by atoms with Gasteiger partial charge in [0.05, 0.1) is 28.9 Å². The van der Waals surface area contributed by atoms with E-state index in [1.54, 1.807) is 12.1 Å². The predicted octanol–water partition coefficient (Wildman–Crippen LogP) is 13.0. The van der Waals surface area contributed by atoms with E-state index in [4.69, 9.17) is 19.9 Å². The summed E-state index contributed by atoms with van der Waals surface area (Å²) in [7, 11) is -4.27. The molecule has 8 bridgehead atoms. The van der Waals surface area contributed by atoms with Crippen molar-refractivity contribution in [3.8, 4) is 44.5 Å². The largest absolute Gasteiger partial charge is 2.00 e. The second kappa shape index (κ2) is 16.8. The molecule has 0 amide bonds. The fourth-order valence-electron chi connectivity index (χ4n) is 9.89. The minimum atomic E-state index is -4.27. The number of fused-ring (bicyclic) bond motifs is 8. The van der Waals surface area contributed by atoms with E-state index in [1.165, 1.54) is 16.7 Å². The van der Waals surface area contributed by atoms with Gasteiger partial charge in [-0.2, -0.15) is 0 Å². The third-order valence-electron chi connectivity index (χ3n) is 12.0. The summed E-state index contributed by atoms with van der Waals surface area (Å²) in [5.41, 5.74) is 25.1. The number of nitrogens with zero attached hydrogens (tertiary/aromatic N) is 4. The summed E-state index contributed by atoms with van der Waals surface area (Å²) >= 11 is 0. The minimum Gasteiger partial charge on any atom is -0.657 e. The Bertz CT molecular complexity index is 3190. The Kier molecular flexibility index (Phi) is 11.7. The van der Waals surface area contributed by atoms with Crippen LogP contribution in [0.4, 0.5) is 0 Å². The third kappa shape index (κ3) is 8.30. The van der Waals surface area contributed by atoms with Crippen molar-refractivity contribution in [3.63, 3.8) is 0 Å². The van der Waals surface area contributed by atoms with Gasteiger partial charge in [0.2, 0.25) is 0 Å². The van der Waals surface area contributed by atoms with Crippen molar-refractivity contribution >= 4 is 54.0 Å². The molecule has 0 unspecified atom stereocenters. The fraction of sp³-hybridized carbons (Fsp3) is 0.185. The van der Waals surface area contributed by atoms with Crippen molar-refractivity contribution in [3.05, 3.63) is 163 Å². The molecule has 0 spiro atoms. The summed E-state index contributed by atoms with van der Waals surface area (Å²) in [5.74, 6) is 0. The zero-order valence-electron chi connectivity index (χ0n) is 37.3. The molecule has 7 nitrogen and oxygen atoms in total. The van der Waals surface area contributed by atoms with Crippen LogP contribution in [-0.2, 0) is 30.2 Å². The number of hydrogen-bond acceptors (Lipinski definition) is 3. The van der Waals surface area contributed by atoms with Gasteiger partial charge >= 0.3 is 27.1 Å². The first-order valence-corrected chi connectivity index (χ1v) is 22.8.